The number of hydrogen-bond donors (Lipinski definition) is 2. The highest BCUT2D eigenvalue weighted by molar-refractivity contribution is 5.94. The lowest BCUT2D eigenvalue weighted by Gasteiger charge is -2.09. The van der Waals surface area contributed by atoms with Crippen LogP contribution in [0, 0.1) is 19.7 Å². The molecule has 0 saturated carbocycles. The summed E-state index contributed by atoms with van der Waals surface area (Å²) in [6.45, 7) is 4.72. The van der Waals surface area contributed by atoms with Crippen LogP contribution in [-0.4, -0.2) is 5.91 Å². The summed E-state index contributed by atoms with van der Waals surface area (Å²) in [5, 5.41) is 3.16. The van der Waals surface area contributed by atoms with Crippen molar-refractivity contribution in [2.45, 2.75) is 20.4 Å². The zero-order valence-electron chi connectivity index (χ0n) is 11.5. The summed E-state index contributed by atoms with van der Waals surface area (Å²) in [5.41, 5.74) is 9.27. The van der Waals surface area contributed by atoms with E-state index in [4.69, 9.17) is 5.73 Å². The van der Waals surface area contributed by atoms with Crippen molar-refractivity contribution in [2.24, 2.45) is 5.73 Å². The predicted molar refractivity (Wildman–Crippen MR) is 78.2 cm³/mol. The van der Waals surface area contributed by atoms with Crippen LogP contribution in [0.5, 0.6) is 0 Å². The minimum atomic E-state index is -0.766. The van der Waals surface area contributed by atoms with Crippen molar-refractivity contribution in [3.8, 4) is 0 Å². The fourth-order valence-corrected chi connectivity index (χ4v) is 1.94. The van der Waals surface area contributed by atoms with Crippen molar-refractivity contribution in [3.05, 3.63) is 64.5 Å². The van der Waals surface area contributed by atoms with Gasteiger partial charge in [0.25, 0.3) is 5.91 Å². The molecule has 0 spiro atoms. The number of nitrogens with two attached hydrogens (primary N) is 1. The summed E-state index contributed by atoms with van der Waals surface area (Å²) < 4.78 is 13.4. The van der Waals surface area contributed by atoms with Crippen LogP contribution in [0.1, 0.15) is 27.0 Å². The van der Waals surface area contributed by atoms with Crippen LogP contribution in [0.25, 0.3) is 0 Å². The van der Waals surface area contributed by atoms with Gasteiger partial charge in [0.15, 0.2) is 0 Å². The summed E-state index contributed by atoms with van der Waals surface area (Å²) in [7, 11) is 0. The first-order valence-electron chi connectivity index (χ1n) is 6.36. The molecule has 0 saturated heterocycles. The zero-order valence-corrected chi connectivity index (χ0v) is 11.5. The van der Waals surface area contributed by atoms with E-state index in [1.54, 1.807) is 6.07 Å². The van der Waals surface area contributed by atoms with E-state index in [0.717, 1.165) is 5.56 Å². The Kier molecular flexibility index (Phi) is 4.03. The number of anilines is 1. The normalized spacial score (nSPS) is 10.3. The molecule has 0 aliphatic carbocycles. The first-order chi connectivity index (χ1) is 9.47. The van der Waals surface area contributed by atoms with Gasteiger partial charge in [-0.15, -0.1) is 0 Å². The van der Waals surface area contributed by atoms with E-state index >= 15 is 0 Å². The minimum Gasteiger partial charge on any atom is -0.381 e. The highest BCUT2D eigenvalue weighted by Crippen LogP contribution is 2.16. The number of nitrogens with one attached hydrogen (secondary N) is 1. The van der Waals surface area contributed by atoms with Gasteiger partial charge in [-0.3, -0.25) is 4.79 Å². The van der Waals surface area contributed by atoms with Crippen molar-refractivity contribution in [2.75, 3.05) is 5.32 Å². The van der Waals surface area contributed by atoms with Gasteiger partial charge in [0.1, 0.15) is 5.82 Å². The average Bonchev–Trinajstić information content (AvgIpc) is 2.41. The topological polar surface area (TPSA) is 55.1 Å². The molecular formula is C16H17FN2O. The van der Waals surface area contributed by atoms with E-state index in [0.29, 0.717) is 12.2 Å². The van der Waals surface area contributed by atoms with Gasteiger partial charge < -0.3 is 11.1 Å². The number of halogens is 1. The molecule has 0 radical (unpaired) electrons. The Bertz CT molecular complexity index is 653. The van der Waals surface area contributed by atoms with Crippen molar-refractivity contribution < 1.29 is 9.18 Å². The second-order valence-corrected chi connectivity index (χ2v) is 4.83. The largest absolute Gasteiger partial charge is 0.381 e. The Labute approximate surface area is 117 Å². The number of amides is 1. The first kappa shape index (κ1) is 14.1. The molecule has 4 heteroatoms. The van der Waals surface area contributed by atoms with E-state index in [2.05, 4.69) is 31.3 Å². The lowest BCUT2D eigenvalue weighted by atomic mass is 10.1. The molecule has 1 amide bonds. The van der Waals surface area contributed by atoms with Gasteiger partial charge in [0, 0.05) is 12.2 Å². The molecule has 3 N–H and O–H groups in total. The molecule has 0 fully saturated rings. The number of primary amides is 1. The maximum Gasteiger partial charge on any atom is 0.251 e. The number of rotatable bonds is 4. The molecule has 0 bridgehead atoms. The van der Waals surface area contributed by atoms with Gasteiger partial charge in [-0.05, 0) is 48.7 Å². The fraction of sp³-hybridized carbons (Fsp3) is 0.188. The van der Waals surface area contributed by atoms with E-state index < -0.39 is 11.7 Å². The number of hydrogen-bond acceptors (Lipinski definition) is 2. The highest BCUT2D eigenvalue weighted by atomic mass is 19.1. The molecule has 2 aromatic carbocycles. The quantitative estimate of drug-likeness (QED) is 0.898. The molecule has 0 heterocycles. The molecule has 0 unspecified atom stereocenters. The van der Waals surface area contributed by atoms with E-state index in [1.165, 1.54) is 23.3 Å². The second-order valence-electron chi connectivity index (χ2n) is 4.83. The lowest BCUT2D eigenvalue weighted by molar-refractivity contribution is 0.0996. The number of carbonyl (C=O) groups is 1. The van der Waals surface area contributed by atoms with Crippen LogP contribution in [0.15, 0.2) is 36.4 Å². The summed E-state index contributed by atoms with van der Waals surface area (Å²) in [5.74, 6) is -1.37. The van der Waals surface area contributed by atoms with Crippen LogP contribution in [0.2, 0.25) is 0 Å². The lowest BCUT2D eigenvalue weighted by Crippen LogP contribution is -2.13. The van der Waals surface area contributed by atoms with Crippen molar-refractivity contribution in [1.82, 2.24) is 0 Å². The Morgan fingerprint density at radius 3 is 2.55 bits per heavy atom. The highest BCUT2D eigenvalue weighted by Gasteiger charge is 2.08. The van der Waals surface area contributed by atoms with Gasteiger partial charge in [-0.2, -0.15) is 0 Å². The van der Waals surface area contributed by atoms with Gasteiger partial charge in [-0.1, -0.05) is 18.2 Å². The zero-order chi connectivity index (χ0) is 14.7. The van der Waals surface area contributed by atoms with E-state index in [9.17, 15) is 9.18 Å². The molecule has 20 heavy (non-hydrogen) atoms. The number of carbonyl (C=O) groups excluding carboxylic acids is 1. The monoisotopic (exact) mass is 272 g/mol. The molecule has 0 aromatic heterocycles. The number of aryl methyl sites for hydroxylation is 2. The van der Waals surface area contributed by atoms with Crippen LogP contribution in [-0.2, 0) is 6.54 Å². The smallest absolute Gasteiger partial charge is 0.251 e. The molecule has 0 aliphatic heterocycles. The van der Waals surface area contributed by atoms with Crippen molar-refractivity contribution in [1.29, 1.82) is 0 Å². The summed E-state index contributed by atoms with van der Waals surface area (Å²) >= 11 is 0. The fourth-order valence-electron chi connectivity index (χ4n) is 1.94. The third-order valence-corrected chi connectivity index (χ3v) is 3.30. The van der Waals surface area contributed by atoms with Gasteiger partial charge in [0.05, 0.1) is 5.56 Å². The Morgan fingerprint density at radius 2 is 1.90 bits per heavy atom. The molecule has 0 atom stereocenters. The maximum absolute atomic E-state index is 13.4. The molecule has 0 aliphatic rings. The standard InChI is InChI=1S/C16H17FN2O/c1-10-3-4-12(7-11(10)2)9-19-13-5-6-15(17)14(8-13)16(18)20/h3-8,19H,9H2,1-2H3,(H2,18,20). The van der Waals surface area contributed by atoms with E-state index in [1.807, 2.05) is 6.07 Å². The minimum absolute atomic E-state index is 0.102. The predicted octanol–water partition coefficient (Wildman–Crippen LogP) is 3.15. The maximum atomic E-state index is 13.4. The van der Waals surface area contributed by atoms with Crippen LogP contribution in [0.4, 0.5) is 10.1 Å². The molecular weight excluding hydrogens is 255 g/mol. The third kappa shape index (κ3) is 3.15. The summed E-state index contributed by atoms with van der Waals surface area (Å²) in [6, 6.07) is 10.4. The van der Waals surface area contributed by atoms with Crippen molar-refractivity contribution in [3.63, 3.8) is 0 Å². The molecule has 2 aromatic rings. The third-order valence-electron chi connectivity index (χ3n) is 3.30. The second kappa shape index (κ2) is 5.74. The Balaban J connectivity index is 2.12. The Morgan fingerprint density at radius 1 is 1.15 bits per heavy atom. The average molecular weight is 272 g/mol. The van der Waals surface area contributed by atoms with Gasteiger partial charge in [-0.25, -0.2) is 4.39 Å². The SMILES string of the molecule is Cc1ccc(CNc2ccc(F)c(C(N)=O)c2)cc1C. The van der Waals surface area contributed by atoms with Gasteiger partial charge in [0.2, 0.25) is 0 Å². The van der Waals surface area contributed by atoms with E-state index in [-0.39, 0.29) is 5.56 Å². The first-order valence-corrected chi connectivity index (χ1v) is 6.36. The molecule has 2 rings (SSSR count). The van der Waals surface area contributed by atoms with Crippen LogP contribution in [0.3, 0.4) is 0 Å². The van der Waals surface area contributed by atoms with Crippen LogP contribution < -0.4 is 11.1 Å². The van der Waals surface area contributed by atoms with Crippen LogP contribution >= 0.6 is 0 Å². The van der Waals surface area contributed by atoms with Gasteiger partial charge >= 0.3 is 0 Å². The van der Waals surface area contributed by atoms with Crippen molar-refractivity contribution >= 4 is 11.6 Å². The molecule has 104 valence electrons. The Hall–Kier alpha value is -2.36. The number of benzene rings is 2. The summed E-state index contributed by atoms with van der Waals surface area (Å²) in [4.78, 5) is 11.1. The summed E-state index contributed by atoms with van der Waals surface area (Å²) in [6.07, 6.45) is 0. The molecule has 3 nitrogen and oxygen atoms in total.